The third-order valence-electron chi connectivity index (χ3n) is 2.70. The van der Waals surface area contributed by atoms with Gasteiger partial charge >= 0.3 is 0 Å². The van der Waals surface area contributed by atoms with E-state index < -0.39 is 0 Å². The molecule has 0 radical (unpaired) electrons. The molecule has 0 atom stereocenters. The first-order valence-corrected chi connectivity index (χ1v) is 6.68. The van der Waals surface area contributed by atoms with Crippen molar-refractivity contribution in [3.63, 3.8) is 0 Å². The Morgan fingerprint density at radius 2 is 1.79 bits per heavy atom. The van der Waals surface area contributed by atoms with Crippen molar-refractivity contribution in [1.82, 2.24) is 4.98 Å². The number of aromatic nitrogens is 1. The Kier molecular flexibility index (Phi) is 3.18. The molecule has 92 valence electrons. The van der Waals surface area contributed by atoms with Gasteiger partial charge in [-0.2, -0.15) is 0 Å². The molecule has 0 aliphatic heterocycles. The summed E-state index contributed by atoms with van der Waals surface area (Å²) in [6, 6.07) is 15.8. The van der Waals surface area contributed by atoms with Crippen LogP contribution in [0.3, 0.4) is 0 Å². The van der Waals surface area contributed by atoms with Crippen molar-refractivity contribution in [2.24, 2.45) is 0 Å². The lowest BCUT2D eigenvalue weighted by Gasteiger charge is -1.97. The molecule has 0 aliphatic carbocycles. The van der Waals surface area contributed by atoms with Crippen LogP contribution in [-0.4, -0.2) is 12.1 Å². The molecular formula is C16H11NOS. The molecule has 0 saturated heterocycles. The van der Waals surface area contributed by atoms with Crippen molar-refractivity contribution >= 4 is 21.6 Å². The Morgan fingerprint density at radius 3 is 2.53 bits per heavy atom. The molecular weight excluding hydrogens is 254 g/mol. The summed E-state index contributed by atoms with van der Waals surface area (Å²) in [6.07, 6.45) is 0. The van der Waals surface area contributed by atoms with Gasteiger partial charge in [-0.1, -0.05) is 18.1 Å². The average Bonchev–Trinajstić information content (AvgIpc) is 2.88. The Bertz CT molecular complexity index is 730. The first-order valence-electron chi connectivity index (χ1n) is 5.87. The summed E-state index contributed by atoms with van der Waals surface area (Å²) < 4.78 is 6.28. The van der Waals surface area contributed by atoms with E-state index >= 15 is 0 Å². The van der Waals surface area contributed by atoms with Crippen molar-refractivity contribution in [1.29, 1.82) is 0 Å². The summed E-state index contributed by atoms with van der Waals surface area (Å²) in [7, 11) is 1.65. The number of hydrogen-bond donors (Lipinski definition) is 0. The SMILES string of the molecule is COc1ccc(C#Cc2nc3ccccc3s2)cc1. The molecule has 19 heavy (non-hydrogen) atoms. The second-order valence-electron chi connectivity index (χ2n) is 3.97. The minimum atomic E-state index is 0.838. The smallest absolute Gasteiger partial charge is 0.168 e. The molecule has 3 aromatic rings. The molecule has 1 heterocycles. The van der Waals surface area contributed by atoms with Crippen molar-refractivity contribution in [2.75, 3.05) is 7.11 Å². The highest BCUT2D eigenvalue weighted by Crippen LogP contribution is 2.20. The van der Waals surface area contributed by atoms with Crippen molar-refractivity contribution < 1.29 is 4.74 Å². The fourth-order valence-electron chi connectivity index (χ4n) is 1.73. The number of methoxy groups -OCH3 is 1. The van der Waals surface area contributed by atoms with Crippen LogP contribution in [-0.2, 0) is 0 Å². The first kappa shape index (κ1) is 11.8. The second kappa shape index (κ2) is 5.13. The molecule has 3 rings (SSSR count). The molecule has 0 unspecified atom stereocenters. The maximum Gasteiger partial charge on any atom is 0.168 e. The molecule has 3 heteroatoms. The van der Waals surface area contributed by atoms with Gasteiger partial charge in [-0.15, -0.1) is 11.3 Å². The summed E-state index contributed by atoms with van der Waals surface area (Å²) in [4.78, 5) is 4.48. The Labute approximate surface area is 115 Å². The Hall–Kier alpha value is -2.31. The zero-order chi connectivity index (χ0) is 13.1. The van der Waals surface area contributed by atoms with Crippen molar-refractivity contribution in [2.45, 2.75) is 0 Å². The van der Waals surface area contributed by atoms with E-state index in [9.17, 15) is 0 Å². The van der Waals surface area contributed by atoms with Crippen LogP contribution in [0.1, 0.15) is 10.6 Å². The van der Waals surface area contributed by atoms with Gasteiger partial charge < -0.3 is 4.74 Å². The Morgan fingerprint density at radius 1 is 1.00 bits per heavy atom. The van der Waals surface area contributed by atoms with E-state index in [4.69, 9.17) is 4.74 Å². The van der Waals surface area contributed by atoms with Crippen molar-refractivity contribution in [3.8, 4) is 17.6 Å². The number of nitrogens with zero attached hydrogens (tertiary/aromatic N) is 1. The number of para-hydroxylation sites is 1. The van der Waals surface area contributed by atoms with Crippen LogP contribution in [0.5, 0.6) is 5.75 Å². The van der Waals surface area contributed by atoms with Crippen LogP contribution in [0.2, 0.25) is 0 Å². The highest BCUT2D eigenvalue weighted by atomic mass is 32.1. The van der Waals surface area contributed by atoms with Gasteiger partial charge in [0.25, 0.3) is 0 Å². The highest BCUT2D eigenvalue weighted by molar-refractivity contribution is 7.19. The zero-order valence-electron chi connectivity index (χ0n) is 10.4. The third kappa shape index (κ3) is 2.59. The maximum absolute atomic E-state index is 5.11. The molecule has 0 N–H and O–H groups in total. The lowest BCUT2D eigenvalue weighted by molar-refractivity contribution is 0.415. The molecule has 0 spiro atoms. The number of thiazole rings is 1. The predicted molar refractivity (Wildman–Crippen MR) is 78.6 cm³/mol. The first-order chi connectivity index (χ1) is 9.35. The molecule has 0 aliphatic rings. The van der Waals surface area contributed by atoms with Crippen LogP contribution in [0.4, 0.5) is 0 Å². The van der Waals surface area contributed by atoms with Gasteiger partial charge in [0.15, 0.2) is 5.01 Å². The van der Waals surface area contributed by atoms with Crippen LogP contribution in [0, 0.1) is 11.8 Å². The Balaban J connectivity index is 1.89. The zero-order valence-corrected chi connectivity index (χ0v) is 11.2. The molecule has 1 aromatic heterocycles. The number of hydrogen-bond acceptors (Lipinski definition) is 3. The van der Waals surface area contributed by atoms with E-state index in [1.54, 1.807) is 18.4 Å². The van der Waals surface area contributed by atoms with Crippen LogP contribution < -0.4 is 4.74 Å². The number of ether oxygens (including phenoxy) is 1. The minimum absolute atomic E-state index is 0.838. The quantitative estimate of drug-likeness (QED) is 0.626. The lowest BCUT2D eigenvalue weighted by Crippen LogP contribution is -1.81. The van der Waals surface area contributed by atoms with Gasteiger partial charge in [-0.3, -0.25) is 0 Å². The van der Waals surface area contributed by atoms with Gasteiger partial charge in [-0.25, -0.2) is 4.98 Å². The van der Waals surface area contributed by atoms with Crippen LogP contribution in [0.15, 0.2) is 48.5 Å². The van der Waals surface area contributed by atoms with E-state index in [1.807, 2.05) is 42.5 Å². The molecule has 2 aromatic carbocycles. The van der Waals surface area contributed by atoms with E-state index in [1.165, 1.54) is 4.70 Å². The fourth-order valence-corrected chi connectivity index (χ4v) is 2.54. The summed E-state index contributed by atoms with van der Waals surface area (Å²) in [6.45, 7) is 0. The summed E-state index contributed by atoms with van der Waals surface area (Å²) >= 11 is 1.61. The summed E-state index contributed by atoms with van der Waals surface area (Å²) in [5.41, 5.74) is 1.96. The summed E-state index contributed by atoms with van der Waals surface area (Å²) in [5.74, 6) is 7.06. The minimum Gasteiger partial charge on any atom is -0.497 e. The normalized spacial score (nSPS) is 9.95. The predicted octanol–water partition coefficient (Wildman–Crippen LogP) is 3.70. The maximum atomic E-state index is 5.11. The molecule has 0 saturated carbocycles. The fraction of sp³-hybridized carbons (Fsp3) is 0.0625. The standard InChI is InChI=1S/C16H11NOS/c1-18-13-9-6-12(7-10-13)8-11-16-17-14-4-2-3-5-15(14)19-16/h2-7,9-10H,1H3. The number of benzene rings is 2. The van der Waals surface area contributed by atoms with Crippen LogP contribution >= 0.6 is 11.3 Å². The number of fused-ring (bicyclic) bond motifs is 1. The third-order valence-corrected chi connectivity index (χ3v) is 3.65. The molecule has 0 bridgehead atoms. The van der Waals surface area contributed by atoms with Gasteiger partial charge in [-0.05, 0) is 42.3 Å². The largest absolute Gasteiger partial charge is 0.497 e. The topological polar surface area (TPSA) is 22.1 Å². The summed E-state index contributed by atoms with van der Waals surface area (Å²) in [5, 5.41) is 0.844. The number of rotatable bonds is 1. The van der Waals surface area contributed by atoms with Gasteiger partial charge in [0.05, 0.1) is 17.3 Å². The second-order valence-corrected chi connectivity index (χ2v) is 5.00. The highest BCUT2D eigenvalue weighted by Gasteiger charge is 1.99. The average molecular weight is 265 g/mol. The van der Waals surface area contributed by atoms with Crippen LogP contribution in [0.25, 0.3) is 10.2 Å². The van der Waals surface area contributed by atoms with Gasteiger partial charge in [0.2, 0.25) is 0 Å². The monoisotopic (exact) mass is 265 g/mol. The van der Waals surface area contributed by atoms with Crippen molar-refractivity contribution in [3.05, 3.63) is 59.1 Å². The molecule has 0 fully saturated rings. The van der Waals surface area contributed by atoms with E-state index in [2.05, 4.69) is 22.9 Å². The van der Waals surface area contributed by atoms with Gasteiger partial charge in [0.1, 0.15) is 5.75 Å². The van der Waals surface area contributed by atoms with E-state index in [-0.39, 0.29) is 0 Å². The van der Waals surface area contributed by atoms with E-state index in [0.29, 0.717) is 0 Å². The lowest BCUT2D eigenvalue weighted by atomic mass is 10.2. The molecule has 0 amide bonds. The van der Waals surface area contributed by atoms with Gasteiger partial charge in [0, 0.05) is 5.56 Å². The van der Waals surface area contributed by atoms with E-state index in [0.717, 1.165) is 21.8 Å². The molecule has 2 nitrogen and oxygen atoms in total.